The second kappa shape index (κ2) is 4.43. The van der Waals surface area contributed by atoms with Crippen LogP contribution in [0.15, 0.2) is 0 Å². The smallest absolute Gasteiger partial charge is 0.0443 e. The van der Waals surface area contributed by atoms with Crippen LogP contribution >= 0.6 is 0 Å². The Morgan fingerprint density at radius 3 is 1.54 bits per heavy atom. The lowest BCUT2D eigenvalue weighted by Crippen LogP contribution is -2.53. The predicted octanol–water partition coefficient (Wildman–Crippen LogP) is 2.27. The highest BCUT2D eigenvalue weighted by atomic mass is 16.3. The largest absolute Gasteiger partial charge is 0.396 e. The third kappa shape index (κ3) is 4.63. The number of rotatable bonds is 3. The van der Waals surface area contributed by atoms with Crippen LogP contribution in [-0.4, -0.2) is 34.2 Å². The molecule has 80 valence electrons. The third-order valence-corrected chi connectivity index (χ3v) is 2.16. The van der Waals surface area contributed by atoms with Crippen molar-refractivity contribution in [1.82, 2.24) is 4.90 Å². The van der Waals surface area contributed by atoms with Crippen LogP contribution in [0.3, 0.4) is 0 Å². The van der Waals surface area contributed by atoms with Gasteiger partial charge in [0, 0.05) is 24.2 Å². The van der Waals surface area contributed by atoms with Crippen molar-refractivity contribution in [2.45, 2.75) is 59.0 Å². The van der Waals surface area contributed by atoms with Gasteiger partial charge in [-0.3, -0.25) is 4.90 Å². The van der Waals surface area contributed by atoms with Crippen LogP contribution in [0.5, 0.6) is 0 Å². The van der Waals surface area contributed by atoms with E-state index in [0.29, 0.717) is 0 Å². The molecule has 13 heavy (non-hydrogen) atoms. The Labute approximate surface area is 82.9 Å². The van der Waals surface area contributed by atoms with Crippen molar-refractivity contribution < 1.29 is 5.11 Å². The van der Waals surface area contributed by atoms with Crippen molar-refractivity contribution in [2.75, 3.05) is 13.2 Å². The maximum atomic E-state index is 8.82. The average Bonchev–Trinajstić information content (AvgIpc) is 1.81. The van der Waals surface area contributed by atoms with Gasteiger partial charge in [-0.2, -0.15) is 0 Å². The summed E-state index contributed by atoms with van der Waals surface area (Å²) in [6.45, 7) is 14.5. The summed E-state index contributed by atoms with van der Waals surface area (Å²) in [4.78, 5) is 2.43. The average molecular weight is 187 g/mol. The van der Waals surface area contributed by atoms with Gasteiger partial charge in [0.1, 0.15) is 0 Å². The lowest BCUT2D eigenvalue weighted by atomic mass is 9.96. The summed E-state index contributed by atoms with van der Waals surface area (Å²) >= 11 is 0. The lowest BCUT2D eigenvalue weighted by Gasteiger charge is -2.45. The summed E-state index contributed by atoms with van der Waals surface area (Å²) in [5.41, 5.74) is 0.348. The predicted molar refractivity (Wildman–Crippen MR) is 57.9 cm³/mol. The minimum Gasteiger partial charge on any atom is -0.396 e. The molecule has 0 rings (SSSR count). The van der Waals surface area contributed by atoms with Gasteiger partial charge in [-0.25, -0.2) is 0 Å². The van der Waals surface area contributed by atoms with Gasteiger partial charge in [0.15, 0.2) is 0 Å². The molecule has 0 aromatic carbocycles. The number of nitrogens with zero attached hydrogens (tertiary/aromatic N) is 1. The molecule has 0 aliphatic carbocycles. The molecule has 0 aliphatic rings. The Kier molecular flexibility index (Phi) is 4.40. The molecule has 0 aromatic rings. The first kappa shape index (κ1) is 12.9. The first-order valence-corrected chi connectivity index (χ1v) is 5.08. The molecule has 0 saturated carbocycles. The standard InChI is InChI=1S/C11H25NO/c1-10(2,3)12(8-7-9-13)11(4,5)6/h13H,7-9H2,1-6H3. The van der Waals surface area contributed by atoms with E-state index in [-0.39, 0.29) is 17.7 Å². The molecule has 0 aliphatic heterocycles. The Bertz CT molecular complexity index is 127. The molecule has 0 heterocycles. The lowest BCUT2D eigenvalue weighted by molar-refractivity contribution is 0.0328. The number of aliphatic hydroxyl groups excluding tert-OH is 1. The molecule has 1 N–H and O–H groups in total. The van der Waals surface area contributed by atoms with Crippen molar-refractivity contribution in [3.8, 4) is 0 Å². The fourth-order valence-corrected chi connectivity index (χ4v) is 1.91. The summed E-state index contributed by atoms with van der Waals surface area (Å²) in [6.07, 6.45) is 0.856. The van der Waals surface area contributed by atoms with Crippen LogP contribution in [0.25, 0.3) is 0 Å². The van der Waals surface area contributed by atoms with E-state index < -0.39 is 0 Å². The second-order valence-corrected chi connectivity index (χ2v) is 5.57. The topological polar surface area (TPSA) is 23.5 Å². The molecule has 0 atom stereocenters. The Morgan fingerprint density at radius 2 is 1.31 bits per heavy atom. The van der Waals surface area contributed by atoms with Crippen molar-refractivity contribution in [1.29, 1.82) is 0 Å². The van der Waals surface area contributed by atoms with E-state index in [1.807, 2.05) is 0 Å². The molecule has 0 fully saturated rings. The van der Waals surface area contributed by atoms with Gasteiger partial charge in [-0.15, -0.1) is 0 Å². The van der Waals surface area contributed by atoms with E-state index in [9.17, 15) is 0 Å². The summed E-state index contributed by atoms with van der Waals surface area (Å²) in [7, 11) is 0. The van der Waals surface area contributed by atoms with E-state index in [2.05, 4.69) is 46.4 Å². The minimum absolute atomic E-state index is 0.174. The molecule has 2 heteroatoms. The summed E-state index contributed by atoms with van der Waals surface area (Å²) < 4.78 is 0. The van der Waals surface area contributed by atoms with Gasteiger partial charge in [-0.05, 0) is 48.0 Å². The maximum absolute atomic E-state index is 8.82. The van der Waals surface area contributed by atoms with Gasteiger partial charge in [0.2, 0.25) is 0 Å². The fraction of sp³-hybridized carbons (Fsp3) is 1.00. The maximum Gasteiger partial charge on any atom is 0.0443 e. The van der Waals surface area contributed by atoms with Crippen LogP contribution in [0.4, 0.5) is 0 Å². The summed E-state index contributed by atoms with van der Waals surface area (Å²) in [6, 6.07) is 0. The number of aliphatic hydroxyl groups is 1. The van der Waals surface area contributed by atoms with Crippen molar-refractivity contribution >= 4 is 0 Å². The molecular weight excluding hydrogens is 162 g/mol. The van der Waals surface area contributed by atoms with E-state index in [0.717, 1.165) is 13.0 Å². The van der Waals surface area contributed by atoms with Gasteiger partial charge in [0.25, 0.3) is 0 Å². The van der Waals surface area contributed by atoms with Crippen molar-refractivity contribution in [3.05, 3.63) is 0 Å². The van der Waals surface area contributed by atoms with E-state index >= 15 is 0 Å². The first-order valence-electron chi connectivity index (χ1n) is 5.08. The molecule has 0 unspecified atom stereocenters. The van der Waals surface area contributed by atoms with E-state index in [1.54, 1.807) is 0 Å². The quantitative estimate of drug-likeness (QED) is 0.732. The zero-order valence-corrected chi connectivity index (χ0v) is 10.0. The fourth-order valence-electron chi connectivity index (χ4n) is 1.91. The van der Waals surface area contributed by atoms with Gasteiger partial charge in [0.05, 0.1) is 0 Å². The third-order valence-electron chi connectivity index (χ3n) is 2.16. The van der Waals surface area contributed by atoms with Gasteiger partial charge < -0.3 is 5.11 Å². The molecule has 0 aromatic heterocycles. The Balaban J connectivity index is 4.39. The number of hydrogen-bond donors (Lipinski definition) is 1. The molecule has 0 bridgehead atoms. The van der Waals surface area contributed by atoms with Gasteiger partial charge >= 0.3 is 0 Å². The van der Waals surface area contributed by atoms with Crippen LogP contribution in [-0.2, 0) is 0 Å². The number of hydrogen-bond acceptors (Lipinski definition) is 2. The SMILES string of the molecule is CC(C)(C)N(CCCO)C(C)(C)C. The highest BCUT2D eigenvalue weighted by molar-refractivity contribution is 4.86. The van der Waals surface area contributed by atoms with Crippen molar-refractivity contribution in [2.24, 2.45) is 0 Å². The molecule has 0 saturated heterocycles. The zero-order valence-electron chi connectivity index (χ0n) is 10.0. The minimum atomic E-state index is 0.174. The van der Waals surface area contributed by atoms with E-state index in [1.165, 1.54) is 0 Å². The van der Waals surface area contributed by atoms with Crippen LogP contribution in [0.2, 0.25) is 0 Å². The van der Waals surface area contributed by atoms with Crippen LogP contribution < -0.4 is 0 Å². The van der Waals surface area contributed by atoms with Crippen LogP contribution in [0.1, 0.15) is 48.0 Å². The normalized spacial score (nSPS) is 13.8. The monoisotopic (exact) mass is 187 g/mol. The molecule has 0 radical (unpaired) electrons. The Hall–Kier alpha value is -0.0800. The van der Waals surface area contributed by atoms with Gasteiger partial charge in [-0.1, -0.05) is 0 Å². The molecule has 0 spiro atoms. The zero-order chi connectivity index (χ0) is 10.7. The van der Waals surface area contributed by atoms with Crippen LogP contribution in [0, 0.1) is 0 Å². The highest BCUT2D eigenvalue weighted by Gasteiger charge is 2.30. The highest BCUT2D eigenvalue weighted by Crippen LogP contribution is 2.24. The summed E-state index contributed by atoms with van der Waals surface area (Å²) in [5, 5.41) is 8.82. The molecule has 0 amide bonds. The van der Waals surface area contributed by atoms with Crippen molar-refractivity contribution in [3.63, 3.8) is 0 Å². The molecular formula is C11H25NO. The molecule has 2 nitrogen and oxygen atoms in total. The Morgan fingerprint density at radius 1 is 0.923 bits per heavy atom. The first-order chi connectivity index (χ1) is 5.69. The summed E-state index contributed by atoms with van der Waals surface area (Å²) in [5.74, 6) is 0. The van der Waals surface area contributed by atoms with E-state index in [4.69, 9.17) is 5.11 Å². The second-order valence-electron chi connectivity index (χ2n) is 5.57.